The van der Waals surface area contributed by atoms with Crippen molar-refractivity contribution in [1.29, 1.82) is 0 Å². The zero-order chi connectivity index (χ0) is 22.3. The number of aliphatic hydroxyl groups is 1. The molecule has 0 saturated heterocycles. The van der Waals surface area contributed by atoms with Gasteiger partial charge in [0.15, 0.2) is 28.4 Å². The second-order valence-corrected chi connectivity index (χ2v) is 6.92. The first-order chi connectivity index (χ1) is 14.3. The lowest BCUT2D eigenvalue weighted by molar-refractivity contribution is -0.137. The quantitative estimate of drug-likeness (QED) is 0.0707. The number of thiocarbonyl (C=S) groups is 1. The summed E-state index contributed by atoms with van der Waals surface area (Å²) >= 11 is 5.10. The average molecular weight is 447 g/mol. The van der Waals surface area contributed by atoms with E-state index in [0.717, 1.165) is 38.3 Å². The molecule has 1 saturated carbocycles. The molecule has 0 unspecified atom stereocenters. The van der Waals surface area contributed by atoms with Gasteiger partial charge >= 0.3 is 5.97 Å². The maximum atomic E-state index is 14.0. The number of aliphatic hydroxyl groups excluding tert-OH is 1. The summed E-state index contributed by atoms with van der Waals surface area (Å²) in [5.74, 6) is -10.1. The highest BCUT2D eigenvalue weighted by Gasteiger charge is 2.25. The molecule has 1 aromatic carbocycles. The fourth-order valence-corrected chi connectivity index (χ4v) is 3.15. The number of hydrogen-bond donors (Lipinski definition) is 3. The minimum Gasteiger partial charge on any atom is -0.506 e. The highest BCUT2D eigenvalue weighted by atomic mass is 32.1. The maximum Gasteiger partial charge on any atom is 0.343 e. The SMILES string of the molecule is CCOC(=O)C(/C=N/NC(=S)NC1CCCCC1)=C(\O)c1cc(F)c(F)c(F)c1F. The topological polar surface area (TPSA) is 83.0 Å². The Bertz CT molecular complexity index is 871. The third-order valence-corrected chi connectivity index (χ3v) is 4.62. The molecule has 1 aromatic rings. The van der Waals surface area contributed by atoms with Gasteiger partial charge in [0.25, 0.3) is 0 Å². The second kappa shape index (κ2) is 10.9. The van der Waals surface area contributed by atoms with Crippen molar-refractivity contribution in [3.8, 4) is 0 Å². The first-order valence-corrected chi connectivity index (χ1v) is 9.70. The molecule has 0 spiro atoms. The van der Waals surface area contributed by atoms with Crippen molar-refractivity contribution >= 4 is 35.3 Å². The summed E-state index contributed by atoms with van der Waals surface area (Å²) < 4.78 is 58.9. The van der Waals surface area contributed by atoms with Gasteiger partial charge in [-0.3, -0.25) is 5.43 Å². The van der Waals surface area contributed by atoms with Gasteiger partial charge in [-0.25, -0.2) is 22.4 Å². The molecule has 0 heterocycles. The molecule has 3 N–H and O–H groups in total. The lowest BCUT2D eigenvalue weighted by Crippen LogP contribution is -2.40. The van der Waals surface area contributed by atoms with Crippen molar-refractivity contribution in [3.63, 3.8) is 0 Å². The molecule has 0 amide bonds. The van der Waals surface area contributed by atoms with Gasteiger partial charge < -0.3 is 15.2 Å². The number of nitrogens with one attached hydrogen (secondary N) is 2. The average Bonchev–Trinajstić information content (AvgIpc) is 2.72. The van der Waals surface area contributed by atoms with Crippen LogP contribution in [-0.4, -0.2) is 35.1 Å². The van der Waals surface area contributed by atoms with Crippen LogP contribution in [-0.2, 0) is 9.53 Å². The standard InChI is InChI=1S/C19H21F4N3O3S/c1-2-29-18(28)12(9-24-26-19(30)25-10-6-4-3-5-7-10)17(27)11-8-13(20)15(22)16(23)14(11)21/h8-10,27H,2-7H2,1H3,(H2,25,26,30)/b17-12-,24-9+. The number of benzene rings is 1. The van der Waals surface area contributed by atoms with Crippen molar-refractivity contribution in [2.75, 3.05) is 6.61 Å². The lowest BCUT2D eigenvalue weighted by Gasteiger charge is -2.23. The van der Waals surface area contributed by atoms with Gasteiger partial charge in [-0.05, 0) is 38.0 Å². The van der Waals surface area contributed by atoms with Crippen molar-refractivity contribution in [2.24, 2.45) is 5.10 Å². The molecule has 0 atom stereocenters. The van der Waals surface area contributed by atoms with Crippen LogP contribution < -0.4 is 10.7 Å². The van der Waals surface area contributed by atoms with E-state index in [9.17, 15) is 27.5 Å². The van der Waals surface area contributed by atoms with Crippen molar-refractivity contribution in [2.45, 2.75) is 45.1 Å². The molecule has 1 aliphatic rings. The number of carbonyl (C=O) groups excluding carboxylic acids is 1. The van der Waals surface area contributed by atoms with Crippen LogP contribution in [0.15, 0.2) is 16.7 Å². The highest BCUT2D eigenvalue weighted by molar-refractivity contribution is 7.80. The van der Waals surface area contributed by atoms with Crippen LogP contribution >= 0.6 is 12.2 Å². The number of esters is 1. The molecule has 0 aromatic heterocycles. The third kappa shape index (κ3) is 5.91. The minimum atomic E-state index is -2.13. The molecule has 2 rings (SSSR count). The Kier molecular flexibility index (Phi) is 8.58. The van der Waals surface area contributed by atoms with E-state index in [1.807, 2.05) is 0 Å². The Morgan fingerprint density at radius 3 is 2.53 bits per heavy atom. The predicted molar refractivity (Wildman–Crippen MR) is 107 cm³/mol. The van der Waals surface area contributed by atoms with E-state index in [0.29, 0.717) is 0 Å². The van der Waals surface area contributed by atoms with Gasteiger partial charge in [-0.1, -0.05) is 19.3 Å². The molecule has 0 bridgehead atoms. The first-order valence-electron chi connectivity index (χ1n) is 9.29. The fourth-order valence-electron chi connectivity index (χ4n) is 2.93. The molecule has 6 nitrogen and oxygen atoms in total. The molecule has 11 heteroatoms. The van der Waals surface area contributed by atoms with Gasteiger partial charge in [0.05, 0.1) is 18.4 Å². The number of hydrazone groups is 1. The molecular formula is C19H21F4N3O3S. The lowest BCUT2D eigenvalue weighted by atomic mass is 9.96. The van der Waals surface area contributed by atoms with Crippen molar-refractivity contribution in [3.05, 3.63) is 40.5 Å². The Balaban J connectivity index is 2.26. The van der Waals surface area contributed by atoms with Crippen LogP contribution in [0.25, 0.3) is 5.76 Å². The van der Waals surface area contributed by atoms with Gasteiger partial charge in [0.2, 0.25) is 0 Å². The monoisotopic (exact) mass is 447 g/mol. The summed E-state index contributed by atoms with van der Waals surface area (Å²) in [4.78, 5) is 12.1. The molecule has 0 aliphatic heterocycles. The van der Waals surface area contributed by atoms with Crippen LogP contribution in [0.5, 0.6) is 0 Å². The fraction of sp³-hybridized carbons (Fsp3) is 0.421. The zero-order valence-corrected chi connectivity index (χ0v) is 16.9. The summed E-state index contributed by atoms with van der Waals surface area (Å²) in [6.45, 7) is 1.37. The van der Waals surface area contributed by atoms with Gasteiger partial charge in [-0.15, -0.1) is 0 Å². The normalized spacial score (nSPS) is 15.6. The van der Waals surface area contributed by atoms with Crippen LogP contribution in [0.1, 0.15) is 44.6 Å². The van der Waals surface area contributed by atoms with Gasteiger partial charge in [0, 0.05) is 6.04 Å². The summed E-state index contributed by atoms with van der Waals surface area (Å²) in [6, 6.07) is 0.403. The second-order valence-electron chi connectivity index (χ2n) is 6.51. The van der Waals surface area contributed by atoms with Gasteiger partial charge in [0.1, 0.15) is 11.3 Å². The number of hydrogen-bond acceptors (Lipinski definition) is 5. The van der Waals surface area contributed by atoms with E-state index < -0.39 is 46.1 Å². The minimum absolute atomic E-state index is 0.104. The molecule has 1 fully saturated rings. The van der Waals surface area contributed by atoms with Crippen LogP contribution in [0.4, 0.5) is 17.6 Å². The Morgan fingerprint density at radius 2 is 1.90 bits per heavy atom. The van der Waals surface area contributed by atoms with Crippen LogP contribution in [0, 0.1) is 23.3 Å². The number of carbonyl (C=O) groups is 1. The Labute approximate surface area is 176 Å². The summed E-state index contributed by atoms with van der Waals surface area (Å²) in [5.41, 5.74) is 0.665. The third-order valence-electron chi connectivity index (χ3n) is 4.41. The highest BCUT2D eigenvalue weighted by Crippen LogP contribution is 2.25. The smallest absolute Gasteiger partial charge is 0.343 e. The largest absolute Gasteiger partial charge is 0.506 e. The van der Waals surface area contributed by atoms with Crippen LogP contribution in [0.3, 0.4) is 0 Å². The summed E-state index contributed by atoms with van der Waals surface area (Å²) in [6.07, 6.45) is 5.96. The molecular weight excluding hydrogens is 426 g/mol. The molecule has 0 radical (unpaired) electrons. The Morgan fingerprint density at radius 1 is 1.23 bits per heavy atom. The molecule has 30 heavy (non-hydrogen) atoms. The summed E-state index contributed by atoms with van der Waals surface area (Å²) in [7, 11) is 0. The van der Waals surface area contributed by atoms with Crippen molar-refractivity contribution < 1.29 is 32.2 Å². The van der Waals surface area contributed by atoms with Crippen LogP contribution in [0.2, 0.25) is 0 Å². The van der Waals surface area contributed by atoms with E-state index in [-0.39, 0.29) is 23.8 Å². The van der Waals surface area contributed by atoms with Crippen molar-refractivity contribution in [1.82, 2.24) is 10.7 Å². The summed E-state index contributed by atoms with van der Waals surface area (Å²) in [5, 5.41) is 17.1. The van der Waals surface area contributed by atoms with E-state index in [1.165, 1.54) is 6.92 Å². The van der Waals surface area contributed by atoms with E-state index in [2.05, 4.69) is 15.8 Å². The van der Waals surface area contributed by atoms with E-state index >= 15 is 0 Å². The number of nitrogens with zero attached hydrogens (tertiary/aromatic N) is 1. The Hall–Kier alpha value is -2.69. The van der Waals surface area contributed by atoms with E-state index in [4.69, 9.17) is 17.0 Å². The van der Waals surface area contributed by atoms with E-state index in [1.54, 1.807) is 0 Å². The molecule has 1 aliphatic carbocycles. The molecule has 164 valence electrons. The zero-order valence-electron chi connectivity index (χ0n) is 16.1. The first kappa shape index (κ1) is 23.6. The maximum absolute atomic E-state index is 14.0. The number of rotatable bonds is 6. The van der Waals surface area contributed by atoms with Gasteiger partial charge in [-0.2, -0.15) is 5.10 Å². The predicted octanol–water partition coefficient (Wildman–Crippen LogP) is 3.86. The number of ether oxygens (including phenoxy) is 1. The number of halogens is 4.